The van der Waals surface area contributed by atoms with Crippen LogP contribution in [0.15, 0.2) is 6.07 Å². The summed E-state index contributed by atoms with van der Waals surface area (Å²) in [7, 11) is 0. The van der Waals surface area contributed by atoms with Gasteiger partial charge >= 0.3 is 0 Å². The monoisotopic (exact) mass is 193 g/mol. The maximum Gasteiger partial charge on any atom is 0.0625 e. The van der Waals surface area contributed by atoms with E-state index in [1.165, 1.54) is 18.5 Å². The lowest BCUT2D eigenvalue weighted by atomic mass is 10.2. The lowest BCUT2D eigenvalue weighted by molar-refractivity contribution is 0.519. The van der Waals surface area contributed by atoms with Crippen LogP contribution in [0.2, 0.25) is 0 Å². The summed E-state index contributed by atoms with van der Waals surface area (Å²) in [5.74, 6) is 0.858. The third-order valence-electron chi connectivity index (χ3n) is 2.82. The summed E-state index contributed by atoms with van der Waals surface area (Å²) in [6.45, 7) is 5.23. The van der Waals surface area contributed by atoms with Gasteiger partial charge in [0.05, 0.1) is 11.4 Å². The Labute approximate surface area is 85.3 Å². The van der Waals surface area contributed by atoms with Crippen molar-refractivity contribution in [2.45, 2.75) is 45.7 Å². The predicted octanol–water partition coefficient (Wildman–Crippen LogP) is 1.88. The van der Waals surface area contributed by atoms with Gasteiger partial charge in [-0.3, -0.25) is 4.68 Å². The smallest absolute Gasteiger partial charge is 0.0625 e. The molecule has 2 N–H and O–H groups in total. The number of aromatic nitrogens is 2. The van der Waals surface area contributed by atoms with E-state index >= 15 is 0 Å². The fourth-order valence-corrected chi connectivity index (χ4v) is 1.72. The van der Waals surface area contributed by atoms with Crippen molar-refractivity contribution in [2.75, 3.05) is 0 Å². The molecule has 0 aromatic carbocycles. The second kappa shape index (κ2) is 3.73. The molecule has 1 aliphatic carbocycles. The number of aryl methyl sites for hydroxylation is 1. The Kier molecular flexibility index (Phi) is 2.59. The van der Waals surface area contributed by atoms with E-state index in [1.807, 2.05) is 6.92 Å². The highest BCUT2D eigenvalue weighted by Crippen LogP contribution is 2.31. The first-order chi connectivity index (χ1) is 6.70. The van der Waals surface area contributed by atoms with Gasteiger partial charge in [0.2, 0.25) is 0 Å². The summed E-state index contributed by atoms with van der Waals surface area (Å²) >= 11 is 0. The number of hydrogen-bond acceptors (Lipinski definition) is 2. The van der Waals surface area contributed by atoms with E-state index in [2.05, 4.69) is 22.8 Å². The third-order valence-corrected chi connectivity index (χ3v) is 2.82. The SMILES string of the molecule is CCc1cc([C@H](C)N)n(CC2CC2)n1. The number of hydrogen-bond donors (Lipinski definition) is 1. The molecule has 14 heavy (non-hydrogen) atoms. The average Bonchev–Trinajstić information content (AvgIpc) is 2.83. The Morgan fingerprint density at radius 2 is 2.36 bits per heavy atom. The molecule has 1 aromatic rings. The highest BCUT2D eigenvalue weighted by atomic mass is 15.3. The first kappa shape index (κ1) is 9.71. The van der Waals surface area contributed by atoms with E-state index in [-0.39, 0.29) is 6.04 Å². The van der Waals surface area contributed by atoms with Gasteiger partial charge in [0.15, 0.2) is 0 Å². The van der Waals surface area contributed by atoms with E-state index < -0.39 is 0 Å². The first-order valence-electron chi connectivity index (χ1n) is 5.53. The molecule has 3 nitrogen and oxygen atoms in total. The summed E-state index contributed by atoms with van der Waals surface area (Å²) in [6.07, 6.45) is 3.72. The van der Waals surface area contributed by atoms with E-state index in [1.54, 1.807) is 0 Å². The normalized spacial score (nSPS) is 18.5. The van der Waals surface area contributed by atoms with Crippen LogP contribution >= 0.6 is 0 Å². The minimum absolute atomic E-state index is 0.0987. The van der Waals surface area contributed by atoms with Crippen LogP contribution in [-0.2, 0) is 13.0 Å². The zero-order valence-corrected chi connectivity index (χ0v) is 9.03. The van der Waals surface area contributed by atoms with Crippen molar-refractivity contribution < 1.29 is 0 Å². The molecule has 0 saturated heterocycles. The summed E-state index contributed by atoms with van der Waals surface area (Å²) in [5.41, 5.74) is 8.27. The van der Waals surface area contributed by atoms with Gasteiger partial charge in [0, 0.05) is 12.6 Å². The molecule has 0 amide bonds. The molecule has 1 fully saturated rings. The molecule has 2 rings (SSSR count). The van der Waals surface area contributed by atoms with Gasteiger partial charge in [-0.1, -0.05) is 6.92 Å². The van der Waals surface area contributed by atoms with E-state index in [0.717, 1.165) is 24.6 Å². The number of nitrogens with zero attached hydrogens (tertiary/aromatic N) is 2. The number of nitrogens with two attached hydrogens (primary N) is 1. The maximum atomic E-state index is 5.92. The standard InChI is InChI=1S/C11H19N3/c1-3-10-6-11(8(2)12)14(13-10)7-9-4-5-9/h6,8-9H,3-5,7,12H2,1-2H3/t8-/m0/s1. The molecule has 78 valence electrons. The Balaban J connectivity index is 2.20. The lowest BCUT2D eigenvalue weighted by Crippen LogP contribution is -2.14. The van der Waals surface area contributed by atoms with Crippen LogP contribution in [0.3, 0.4) is 0 Å². The molecule has 1 aliphatic rings. The molecule has 1 aromatic heterocycles. The molecule has 0 spiro atoms. The molecule has 3 heteroatoms. The lowest BCUT2D eigenvalue weighted by Gasteiger charge is -2.08. The van der Waals surface area contributed by atoms with Crippen LogP contribution in [-0.4, -0.2) is 9.78 Å². The molecule has 1 heterocycles. The molecule has 1 atom stereocenters. The van der Waals surface area contributed by atoms with E-state index in [9.17, 15) is 0 Å². The van der Waals surface area contributed by atoms with Gasteiger partial charge in [0.25, 0.3) is 0 Å². The summed E-state index contributed by atoms with van der Waals surface area (Å²) in [4.78, 5) is 0. The molecule has 0 aliphatic heterocycles. The van der Waals surface area contributed by atoms with E-state index in [0.29, 0.717) is 0 Å². The largest absolute Gasteiger partial charge is 0.323 e. The topological polar surface area (TPSA) is 43.8 Å². The second-order valence-electron chi connectivity index (χ2n) is 4.33. The highest BCUT2D eigenvalue weighted by Gasteiger charge is 2.23. The van der Waals surface area contributed by atoms with Crippen molar-refractivity contribution in [3.63, 3.8) is 0 Å². The summed E-state index contributed by atoms with van der Waals surface area (Å²) in [6, 6.07) is 2.24. The minimum Gasteiger partial charge on any atom is -0.323 e. The van der Waals surface area contributed by atoms with Crippen LogP contribution in [0.1, 0.15) is 44.1 Å². The van der Waals surface area contributed by atoms with Gasteiger partial charge in [-0.05, 0) is 38.2 Å². The van der Waals surface area contributed by atoms with E-state index in [4.69, 9.17) is 5.73 Å². The molecular weight excluding hydrogens is 174 g/mol. The van der Waals surface area contributed by atoms with Crippen LogP contribution in [0, 0.1) is 5.92 Å². The van der Waals surface area contributed by atoms with Crippen LogP contribution in [0.25, 0.3) is 0 Å². The van der Waals surface area contributed by atoms with Crippen molar-refractivity contribution >= 4 is 0 Å². The molecular formula is C11H19N3. The zero-order valence-electron chi connectivity index (χ0n) is 9.03. The average molecular weight is 193 g/mol. The Morgan fingerprint density at radius 1 is 1.64 bits per heavy atom. The Hall–Kier alpha value is -0.830. The second-order valence-corrected chi connectivity index (χ2v) is 4.33. The molecule has 1 saturated carbocycles. The van der Waals surface area contributed by atoms with Gasteiger partial charge in [0.1, 0.15) is 0 Å². The summed E-state index contributed by atoms with van der Waals surface area (Å²) in [5, 5.41) is 4.57. The fraction of sp³-hybridized carbons (Fsp3) is 0.727. The predicted molar refractivity (Wildman–Crippen MR) is 56.9 cm³/mol. The molecule has 0 bridgehead atoms. The van der Waals surface area contributed by atoms with Gasteiger partial charge in [-0.15, -0.1) is 0 Å². The van der Waals surface area contributed by atoms with Crippen molar-refractivity contribution in [3.05, 3.63) is 17.5 Å². The quantitative estimate of drug-likeness (QED) is 0.793. The third kappa shape index (κ3) is 1.98. The van der Waals surface area contributed by atoms with Crippen LogP contribution in [0.5, 0.6) is 0 Å². The minimum atomic E-state index is 0.0987. The summed E-state index contributed by atoms with van der Waals surface area (Å²) < 4.78 is 2.11. The molecule has 0 radical (unpaired) electrons. The van der Waals surface area contributed by atoms with Gasteiger partial charge in [-0.2, -0.15) is 5.10 Å². The zero-order chi connectivity index (χ0) is 10.1. The van der Waals surface area contributed by atoms with Crippen LogP contribution in [0.4, 0.5) is 0 Å². The van der Waals surface area contributed by atoms with Gasteiger partial charge in [-0.25, -0.2) is 0 Å². The van der Waals surface area contributed by atoms with Crippen molar-refractivity contribution in [1.82, 2.24) is 9.78 Å². The van der Waals surface area contributed by atoms with Crippen LogP contribution < -0.4 is 5.73 Å². The molecule has 0 unspecified atom stereocenters. The Morgan fingerprint density at radius 3 is 2.86 bits per heavy atom. The fourth-order valence-electron chi connectivity index (χ4n) is 1.72. The number of rotatable bonds is 4. The first-order valence-corrected chi connectivity index (χ1v) is 5.53. The highest BCUT2D eigenvalue weighted by molar-refractivity contribution is 5.13. The Bertz CT molecular complexity index is 310. The van der Waals surface area contributed by atoms with Crippen molar-refractivity contribution in [3.8, 4) is 0 Å². The maximum absolute atomic E-state index is 5.92. The van der Waals surface area contributed by atoms with Gasteiger partial charge < -0.3 is 5.73 Å². The van der Waals surface area contributed by atoms with Crippen molar-refractivity contribution in [2.24, 2.45) is 11.7 Å². The van der Waals surface area contributed by atoms with Crippen molar-refractivity contribution in [1.29, 1.82) is 0 Å².